The van der Waals surface area contributed by atoms with E-state index in [1.54, 1.807) is 24.3 Å². The number of rotatable bonds is 8. The smallest absolute Gasteiger partial charge is 0.264 e. The number of thioether (sulfide) groups is 1. The number of nitrogens with zero attached hydrogens (tertiary/aromatic N) is 3. The van der Waals surface area contributed by atoms with Crippen LogP contribution in [-0.4, -0.2) is 36.8 Å². The first-order valence-corrected chi connectivity index (χ1v) is 12.1. The van der Waals surface area contributed by atoms with Crippen molar-refractivity contribution in [3.8, 4) is 0 Å². The van der Waals surface area contributed by atoms with Crippen molar-refractivity contribution in [1.82, 2.24) is 10.2 Å². The fourth-order valence-corrected chi connectivity index (χ4v) is 5.58. The normalized spacial score (nSPS) is 11.3. The summed E-state index contributed by atoms with van der Waals surface area (Å²) in [4.78, 5) is 12.5. The minimum Gasteiger partial charge on any atom is -0.299 e. The Hall–Kier alpha value is -2.50. The van der Waals surface area contributed by atoms with E-state index in [4.69, 9.17) is 0 Å². The number of amides is 1. The van der Waals surface area contributed by atoms with Gasteiger partial charge in [0.05, 0.1) is 10.6 Å². The van der Waals surface area contributed by atoms with Crippen molar-refractivity contribution in [2.75, 3.05) is 21.9 Å². The number of aryl methyl sites for hydroxylation is 1. The van der Waals surface area contributed by atoms with Crippen LogP contribution in [-0.2, 0) is 14.8 Å². The van der Waals surface area contributed by atoms with E-state index in [0.29, 0.717) is 15.2 Å². The van der Waals surface area contributed by atoms with Crippen LogP contribution in [0.1, 0.15) is 12.5 Å². The first kappa shape index (κ1) is 22.2. The lowest BCUT2D eigenvalue weighted by Gasteiger charge is -2.24. The molecule has 1 amide bonds. The van der Waals surface area contributed by atoms with Crippen molar-refractivity contribution in [3.05, 3.63) is 59.9 Å². The lowest BCUT2D eigenvalue weighted by Crippen LogP contribution is -2.38. The van der Waals surface area contributed by atoms with Crippen molar-refractivity contribution < 1.29 is 17.6 Å². The molecule has 1 heterocycles. The number of carbonyl (C=O) groups is 1. The van der Waals surface area contributed by atoms with E-state index >= 15 is 0 Å². The maximum absolute atomic E-state index is 13.3. The van der Waals surface area contributed by atoms with Crippen LogP contribution in [0.4, 0.5) is 15.2 Å². The first-order chi connectivity index (χ1) is 14.3. The molecule has 11 heteroatoms. The summed E-state index contributed by atoms with van der Waals surface area (Å²) >= 11 is 2.71. The van der Waals surface area contributed by atoms with Crippen molar-refractivity contribution in [2.24, 2.45) is 0 Å². The maximum Gasteiger partial charge on any atom is 0.264 e. The quantitative estimate of drug-likeness (QED) is 0.399. The van der Waals surface area contributed by atoms with Crippen molar-refractivity contribution in [2.45, 2.75) is 23.1 Å². The first-order valence-electron chi connectivity index (χ1n) is 8.90. The van der Waals surface area contributed by atoms with Gasteiger partial charge in [-0.1, -0.05) is 47.7 Å². The van der Waals surface area contributed by atoms with Crippen molar-refractivity contribution in [3.63, 3.8) is 0 Å². The molecule has 0 aliphatic carbocycles. The highest BCUT2D eigenvalue weighted by molar-refractivity contribution is 8.01. The number of nitrogens with one attached hydrogen (secondary N) is 1. The molecule has 0 unspecified atom stereocenters. The van der Waals surface area contributed by atoms with Crippen LogP contribution in [0, 0.1) is 12.7 Å². The number of aromatic nitrogens is 2. The maximum atomic E-state index is 13.3. The summed E-state index contributed by atoms with van der Waals surface area (Å²) in [5, 5.41) is 10.7. The second-order valence-corrected chi connectivity index (χ2v) is 10.5. The minimum atomic E-state index is -4.11. The van der Waals surface area contributed by atoms with Crippen LogP contribution in [0.5, 0.6) is 0 Å². The van der Waals surface area contributed by atoms with Gasteiger partial charge < -0.3 is 0 Å². The minimum absolute atomic E-state index is 0.116. The largest absolute Gasteiger partial charge is 0.299 e. The Morgan fingerprint density at radius 3 is 2.43 bits per heavy atom. The van der Waals surface area contributed by atoms with Gasteiger partial charge >= 0.3 is 0 Å². The van der Waals surface area contributed by atoms with Crippen LogP contribution in [0.3, 0.4) is 0 Å². The molecule has 1 N–H and O–H groups in total. The van der Waals surface area contributed by atoms with E-state index in [1.807, 2.05) is 13.8 Å². The molecule has 7 nitrogen and oxygen atoms in total. The third kappa shape index (κ3) is 5.35. The number of anilines is 2. The predicted octanol–water partition coefficient (Wildman–Crippen LogP) is 3.93. The number of hydrogen-bond donors (Lipinski definition) is 1. The number of halogens is 1. The molecule has 1 aromatic heterocycles. The van der Waals surface area contributed by atoms with Gasteiger partial charge in [-0.2, -0.15) is 0 Å². The van der Waals surface area contributed by atoms with Crippen LogP contribution in [0.15, 0.2) is 57.8 Å². The monoisotopic (exact) mass is 466 g/mol. The van der Waals surface area contributed by atoms with E-state index < -0.39 is 28.3 Å². The van der Waals surface area contributed by atoms with E-state index in [-0.39, 0.29) is 4.90 Å². The van der Waals surface area contributed by atoms with E-state index in [1.165, 1.54) is 35.2 Å². The molecule has 0 bridgehead atoms. The second kappa shape index (κ2) is 9.54. The molecular formula is C19H19FN4O3S3. The Balaban J connectivity index is 1.88. The fraction of sp³-hybridized carbons (Fsp3) is 0.211. The van der Waals surface area contributed by atoms with Crippen LogP contribution in [0.25, 0.3) is 0 Å². The molecule has 0 fully saturated rings. The van der Waals surface area contributed by atoms with Gasteiger partial charge in [-0.05, 0) is 49.1 Å². The molecule has 0 saturated heterocycles. The Bertz CT molecular complexity index is 1120. The second-order valence-electron chi connectivity index (χ2n) is 6.16. The summed E-state index contributed by atoms with van der Waals surface area (Å²) in [7, 11) is -4.11. The molecule has 30 heavy (non-hydrogen) atoms. The third-order valence-corrected chi connectivity index (χ3v) is 7.57. The molecule has 0 saturated carbocycles. The molecule has 3 aromatic rings. The van der Waals surface area contributed by atoms with Crippen molar-refractivity contribution >= 4 is 49.8 Å². The molecule has 0 aliphatic heterocycles. The Kier molecular flexibility index (Phi) is 7.06. The molecule has 158 valence electrons. The standard InChI is InChI=1S/C19H19FN4O3S3/c1-3-28-19-23-22-18(29-19)21-17(25)12-24(15-8-4-13(2)5-9-15)30(26,27)16-10-6-14(20)7-11-16/h4-11H,3,12H2,1-2H3,(H,21,22,25). The summed E-state index contributed by atoms with van der Waals surface area (Å²) in [6.45, 7) is 3.37. The molecule has 2 aromatic carbocycles. The summed E-state index contributed by atoms with van der Waals surface area (Å²) in [6.07, 6.45) is 0. The number of carbonyl (C=O) groups excluding carboxylic acids is 1. The van der Waals surface area contributed by atoms with Gasteiger partial charge in [0.15, 0.2) is 4.34 Å². The number of hydrogen-bond acceptors (Lipinski definition) is 7. The third-order valence-electron chi connectivity index (χ3n) is 3.93. The average Bonchev–Trinajstić information content (AvgIpc) is 3.14. The zero-order valence-corrected chi connectivity index (χ0v) is 18.7. The Morgan fingerprint density at radius 1 is 1.13 bits per heavy atom. The summed E-state index contributed by atoms with van der Waals surface area (Å²) in [6, 6.07) is 11.2. The lowest BCUT2D eigenvalue weighted by atomic mass is 10.2. The SMILES string of the molecule is CCSc1nnc(NC(=O)CN(c2ccc(C)cc2)S(=O)(=O)c2ccc(F)cc2)s1. The average molecular weight is 467 g/mol. The summed E-state index contributed by atoms with van der Waals surface area (Å²) < 4.78 is 41.4. The van der Waals surface area contributed by atoms with Crippen LogP contribution < -0.4 is 9.62 Å². The van der Waals surface area contributed by atoms with Gasteiger partial charge in [0, 0.05) is 0 Å². The summed E-state index contributed by atoms with van der Waals surface area (Å²) in [5.74, 6) is -0.296. The highest BCUT2D eigenvalue weighted by atomic mass is 32.2. The summed E-state index contributed by atoms with van der Waals surface area (Å²) in [5.41, 5.74) is 1.26. The van der Waals surface area contributed by atoms with E-state index in [9.17, 15) is 17.6 Å². The Morgan fingerprint density at radius 2 is 1.80 bits per heavy atom. The van der Waals surface area contributed by atoms with Crippen molar-refractivity contribution in [1.29, 1.82) is 0 Å². The number of sulfonamides is 1. The Labute approximate surface area is 182 Å². The highest BCUT2D eigenvalue weighted by Crippen LogP contribution is 2.26. The molecule has 0 aliphatic rings. The zero-order chi connectivity index (χ0) is 21.7. The van der Waals surface area contributed by atoms with Gasteiger partial charge in [0.2, 0.25) is 11.0 Å². The van der Waals surface area contributed by atoms with Gasteiger partial charge in [-0.3, -0.25) is 14.4 Å². The lowest BCUT2D eigenvalue weighted by molar-refractivity contribution is -0.114. The number of benzene rings is 2. The van der Waals surface area contributed by atoms with Gasteiger partial charge in [0.1, 0.15) is 12.4 Å². The molecule has 3 rings (SSSR count). The highest BCUT2D eigenvalue weighted by Gasteiger charge is 2.27. The predicted molar refractivity (Wildman–Crippen MR) is 117 cm³/mol. The van der Waals surface area contributed by atoms with E-state index in [0.717, 1.165) is 27.8 Å². The van der Waals surface area contributed by atoms with E-state index in [2.05, 4.69) is 15.5 Å². The fourth-order valence-electron chi connectivity index (χ4n) is 2.49. The van der Waals surface area contributed by atoms with Crippen LogP contribution >= 0.6 is 23.1 Å². The zero-order valence-electron chi connectivity index (χ0n) is 16.2. The molecule has 0 atom stereocenters. The molecular weight excluding hydrogens is 447 g/mol. The van der Waals surface area contributed by atoms with Gasteiger partial charge in [0.25, 0.3) is 10.0 Å². The van der Waals surface area contributed by atoms with Gasteiger partial charge in [-0.15, -0.1) is 10.2 Å². The van der Waals surface area contributed by atoms with Crippen LogP contribution in [0.2, 0.25) is 0 Å². The van der Waals surface area contributed by atoms with Gasteiger partial charge in [-0.25, -0.2) is 12.8 Å². The topological polar surface area (TPSA) is 92.3 Å². The molecule has 0 spiro atoms. The molecule has 0 radical (unpaired) electrons.